The summed E-state index contributed by atoms with van der Waals surface area (Å²) in [6.07, 6.45) is -4.09. The topological polar surface area (TPSA) is 50.2 Å². The van der Waals surface area contributed by atoms with Crippen LogP contribution in [0.4, 0.5) is 24.5 Å². The smallest absolute Gasteiger partial charge is 0.364 e. The van der Waals surface area contributed by atoms with Crippen LogP contribution in [0.3, 0.4) is 0 Å². The van der Waals surface area contributed by atoms with Crippen molar-refractivity contribution in [1.29, 1.82) is 0 Å². The van der Waals surface area contributed by atoms with Crippen molar-refractivity contribution in [3.05, 3.63) is 40.7 Å². The van der Waals surface area contributed by atoms with Crippen LogP contribution in [0.25, 0.3) is 0 Å². The molecule has 0 saturated carbocycles. The molecule has 5 nitrogen and oxygen atoms in total. The van der Waals surface area contributed by atoms with Crippen LogP contribution in [0.5, 0.6) is 0 Å². The Kier molecular flexibility index (Phi) is 5.36. The summed E-state index contributed by atoms with van der Waals surface area (Å²) in [7, 11) is 0. The Balaban J connectivity index is 1.72. The molecule has 3 rings (SSSR count). The zero-order chi connectivity index (χ0) is 20.7. The van der Waals surface area contributed by atoms with Gasteiger partial charge in [0, 0.05) is 18.7 Å². The van der Waals surface area contributed by atoms with Gasteiger partial charge in [0.25, 0.3) is 0 Å². The predicted molar refractivity (Wildman–Crippen MR) is 102 cm³/mol. The van der Waals surface area contributed by atoms with E-state index in [9.17, 15) is 18.0 Å². The third-order valence-electron chi connectivity index (χ3n) is 4.37. The van der Waals surface area contributed by atoms with Crippen molar-refractivity contribution in [1.82, 2.24) is 9.78 Å². The van der Waals surface area contributed by atoms with Gasteiger partial charge in [-0.3, -0.25) is 9.48 Å². The Hall–Kier alpha value is -2.22. The fourth-order valence-corrected chi connectivity index (χ4v) is 3.33. The molecule has 0 radical (unpaired) electrons. The standard InChI is InChI=1S/C19H22ClF3N4O/c1-18(2,3)10-17(28)24-15-5-4-12(8-14(15)20)26-6-7-27-13(11-26)9-16(25-27)19(21,22)23/h4-5,8-9H,6-7,10-11H2,1-3H3,(H,24,28). The minimum absolute atomic E-state index is 0.122. The molecule has 1 aliphatic heterocycles. The third kappa shape index (κ3) is 4.79. The van der Waals surface area contributed by atoms with E-state index in [-0.39, 0.29) is 11.3 Å². The first-order valence-corrected chi connectivity index (χ1v) is 9.28. The van der Waals surface area contributed by atoms with E-state index in [1.54, 1.807) is 18.2 Å². The second-order valence-corrected chi connectivity index (χ2v) is 8.52. The van der Waals surface area contributed by atoms with Crippen molar-refractivity contribution < 1.29 is 18.0 Å². The molecule has 1 aliphatic rings. The first-order valence-electron chi connectivity index (χ1n) is 8.91. The first-order chi connectivity index (χ1) is 12.9. The predicted octanol–water partition coefficient (Wildman–Crippen LogP) is 4.95. The van der Waals surface area contributed by atoms with E-state index in [0.717, 1.165) is 11.8 Å². The van der Waals surface area contributed by atoms with Gasteiger partial charge in [-0.1, -0.05) is 32.4 Å². The summed E-state index contributed by atoms with van der Waals surface area (Å²) in [4.78, 5) is 14.0. The lowest BCUT2D eigenvalue weighted by atomic mass is 9.92. The summed E-state index contributed by atoms with van der Waals surface area (Å²) >= 11 is 6.32. The van der Waals surface area contributed by atoms with Crippen molar-refractivity contribution >= 4 is 28.9 Å². The molecule has 1 N–H and O–H groups in total. The van der Waals surface area contributed by atoms with Gasteiger partial charge in [0.1, 0.15) is 0 Å². The number of nitrogens with one attached hydrogen (secondary N) is 1. The largest absolute Gasteiger partial charge is 0.435 e. The Labute approximate surface area is 166 Å². The minimum Gasteiger partial charge on any atom is -0.364 e. The average molecular weight is 415 g/mol. The summed E-state index contributed by atoms with van der Waals surface area (Å²) in [6, 6.07) is 6.31. The molecule has 1 aromatic carbocycles. The molecular weight excluding hydrogens is 393 g/mol. The number of aromatic nitrogens is 2. The van der Waals surface area contributed by atoms with E-state index in [4.69, 9.17) is 11.6 Å². The van der Waals surface area contributed by atoms with E-state index in [0.29, 0.717) is 42.5 Å². The Morgan fingerprint density at radius 3 is 2.54 bits per heavy atom. The number of halogens is 4. The molecule has 0 bridgehead atoms. The van der Waals surface area contributed by atoms with Crippen molar-refractivity contribution in [3.63, 3.8) is 0 Å². The van der Waals surface area contributed by atoms with Crippen LogP contribution in [-0.4, -0.2) is 22.2 Å². The number of nitrogens with zero attached hydrogens (tertiary/aromatic N) is 3. The second kappa shape index (κ2) is 7.31. The fourth-order valence-electron chi connectivity index (χ4n) is 3.10. The third-order valence-corrected chi connectivity index (χ3v) is 4.68. The number of carbonyl (C=O) groups is 1. The number of hydrogen-bond donors (Lipinski definition) is 1. The summed E-state index contributed by atoms with van der Waals surface area (Å²) in [5.74, 6) is -0.122. The lowest BCUT2D eigenvalue weighted by Crippen LogP contribution is -2.33. The molecule has 0 spiro atoms. The number of amides is 1. The van der Waals surface area contributed by atoms with Crippen molar-refractivity contribution in [2.75, 3.05) is 16.8 Å². The van der Waals surface area contributed by atoms with Gasteiger partial charge < -0.3 is 10.2 Å². The van der Waals surface area contributed by atoms with Gasteiger partial charge in [-0.05, 0) is 29.7 Å². The maximum atomic E-state index is 12.9. The Morgan fingerprint density at radius 1 is 1.21 bits per heavy atom. The van der Waals surface area contributed by atoms with Gasteiger partial charge in [-0.15, -0.1) is 0 Å². The molecule has 0 aliphatic carbocycles. The lowest BCUT2D eigenvalue weighted by Gasteiger charge is -2.30. The van der Waals surface area contributed by atoms with E-state index >= 15 is 0 Å². The average Bonchev–Trinajstić information content (AvgIpc) is 2.98. The molecule has 28 heavy (non-hydrogen) atoms. The highest BCUT2D eigenvalue weighted by Gasteiger charge is 2.35. The highest BCUT2D eigenvalue weighted by molar-refractivity contribution is 6.34. The maximum absolute atomic E-state index is 12.9. The van der Waals surface area contributed by atoms with E-state index in [1.807, 2.05) is 25.7 Å². The van der Waals surface area contributed by atoms with Gasteiger partial charge in [0.2, 0.25) is 5.91 Å². The van der Waals surface area contributed by atoms with Crippen LogP contribution in [0.2, 0.25) is 5.02 Å². The normalized spacial score (nSPS) is 14.8. The molecule has 0 saturated heterocycles. The second-order valence-electron chi connectivity index (χ2n) is 8.11. The molecule has 9 heteroatoms. The molecule has 1 amide bonds. The molecule has 1 aromatic heterocycles. The monoisotopic (exact) mass is 414 g/mol. The number of carbonyl (C=O) groups excluding carboxylic acids is 1. The van der Waals surface area contributed by atoms with E-state index in [2.05, 4.69) is 10.4 Å². The molecule has 2 aromatic rings. The van der Waals surface area contributed by atoms with Crippen LogP contribution >= 0.6 is 11.6 Å². The number of anilines is 2. The maximum Gasteiger partial charge on any atom is 0.435 e. The zero-order valence-electron chi connectivity index (χ0n) is 15.9. The van der Waals surface area contributed by atoms with Gasteiger partial charge in [-0.2, -0.15) is 18.3 Å². The number of benzene rings is 1. The highest BCUT2D eigenvalue weighted by atomic mass is 35.5. The summed E-state index contributed by atoms with van der Waals surface area (Å²) in [5, 5.41) is 6.82. The summed E-state index contributed by atoms with van der Waals surface area (Å²) in [5.41, 5.74) is 0.778. The van der Waals surface area contributed by atoms with Crippen LogP contribution in [0, 0.1) is 5.41 Å². The van der Waals surface area contributed by atoms with Crippen LogP contribution in [-0.2, 0) is 24.1 Å². The number of alkyl halides is 3. The van der Waals surface area contributed by atoms with Crippen LogP contribution in [0.15, 0.2) is 24.3 Å². The van der Waals surface area contributed by atoms with Crippen LogP contribution in [0.1, 0.15) is 38.6 Å². The van der Waals surface area contributed by atoms with Gasteiger partial charge in [-0.25, -0.2) is 0 Å². The molecule has 0 fully saturated rings. The summed E-state index contributed by atoms with van der Waals surface area (Å²) in [6.45, 7) is 7.09. The highest BCUT2D eigenvalue weighted by Crippen LogP contribution is 2.33. The number of rotatable bonds is 3. The van der Waals surface area contributed by atoms with Crippen molar-refractivity contribution in [2.24, 2.45) is 5.41 Å². The molecule has 2 heterocycles. The van der Waals surface area contributed by atoms with Gasteiger partial charge >= 0.3 is 6.18 Å². The van der Waals surface area contributed by atoms with Crippen molar-refractivity contribution in [3.8, 4) is 0 Å². The van der Waals surface area contributed by atoms with Gasteiger partial charge in [0.05, 0.1) is 29.5 Å². The molecule has 0 atom stereocenters. The van der Waals surface area contributed by atoms with Crippen molar-refractivity contribution in [2.45, 2.75) is 46.5 Å². The Bertz CT molecular complexity index is 886. The fraction of sp³-hybridized carbons (Fsp3) is 0.474. The van der Waals surface area contributed by atoms with E-state index in [1.165, 1.54) is 4.68 Å². The number of fused-ring (bicyclic) bond motifs is 1. The molecular formula is C19H22ClF3N4O. The van der Waals surface area contributed by atoms with E-state index < -0.39 is 11.9 Å². The van der Waals surface area contributed by atoms with Crippen LogP contribution < -0.4 is 10.2 Å². The Morgan fingerprint density at radius 2 is 1.93 bits per heavy atom. The quantitative estimate of drug-likeness (QED) is 0.773. The molecule has 152 valence electrons. The SMILES string of the molecule is CC(C)(C)CC(=O)Nc1ccc(N2CCn3nc(C(F)(F)F)cc3C2)cc1Cl. The van der Waals surface area contributed by atoms with Gasteiger partial charge in [0.15, 0.2) is 5.69 Å². The summed E-state index contributed by atoms with van der Waals surface area (Å²) < 4.78 is 40.0. The zero-order valence-corrected chi connectivity index (χ0v) is 16.7. The number of hydrogen-bond acceptors (Lipinski definition) is 3. The lowest BCUT2D eigenvalue weighted by molar-refractivity contribution is -0.141. The minimum atomic E-state index is -4.45. The molecule has 0 unspecified atom stereocenters. The first kappa shape index (κ1) is 20.5.